The van der Waals surface area contributed by atoms with Gasteiger partial charge < -0.3 is 9.63 Å². The highest BCUT2D eigenvalue weighted by Crippen LogP contribution is 2.21. The van der Waals surface area contributed by atoms with E-state index >= 15 is 0 Å². The number of carboxylic acid groups (broad SMARTS) is 1. The molecule has 5 heteroatoms. The average molecular weight is 198 g/mol. The second kappa shape index (κ2) is 2.74. The van der Waals surface area contributed by atoms with Crippen molar-refractivity contribution in [2.45, 2.75) is 0 Å². The summed E-state index contributed by atoms with van der Waals surface area (Å²) in [7, 11) is 0. The van der Waals surface area contributed by atoms with Crippen LogP contribution in [-0.4, -0.2) is 16.2 Å². The predicted octanol–water partition coefficient (Wildman–Crippen LogP) is 2.18. The van der Waals surface area contributed by atoms with Gasteiger partial charge in [0.05, 0.1) is 5.39 Å². The fraction of sp³-hybridized carbons (Fsp3) is 0. The van der Waals surface area contributed by atoms with Crippen LogP contribution in [0.3, 0.4) is 0 Å². The standard InChI is InChI=1S/C8H4ClNO3/c9-4-1-2-5-6(3-4)10-13-7(5)8(11)12/h1-3H,(H,11,12). The van der Waals surface area contributed by atoms with Gasteiger partial charge in [0.25, 0.3) is 5.76 Å². The Morgan fingerprint density at radius 2 is 2.31 bits per heavy atom. The summed E-state index contributed by atoms with van der Waals surface area (Å²) in [6.45, 7) is 0. The van der Waals surface area contributed by atoms with E-state index in [9.17, 15) is 4.79 Å². The summed E-state index contributed by atoms with van der Waals surface area (Å²) in [5, 5.41) is 13.2. The fourth-order valence-electron chi connectivity index (χ4n) is 1.07. The largest absolute Gasteiger partial charge is 0.475 e. The van der Waals surface area contributed by atoms with Crippen LogP contribution >= 0.6 is 11.6 Å². The van der Waals surface area contributed by atoms with Crippen LogP contribution < -0.4 is 0 Å². The van der Waals surface area contributed by atoms with E-state index in [4.69, 9.17) is 16.7 Å². The molecule has 1 heterocycles. The zero-order chi connectivity index (χ0) is 9.42. The van der Waals surface area contributed by atoms with E-state index in [1.807, 2.05) is 0 Å². The van der Waals surface area contributed by atoms with Gasteiger partial charge in [-0.05, 0) is 18.2 Å². The predicted molar refractivity (Wildman–Crippen MR) is 46.0 cm³/mol. The molecule has 0 spiro atoms. The summed E-state index contributed by atoms with van der Waals surface area (Å²) in [4.78, 5) is 10.6. The van der Waals surface area contributed by atoms with Crippen LogP contribution in [0.5, 0.6) is 0 Å². The van der Waals surface area contributed by atoms with Crippen molar-refractivity contribution in [1.29, 1.82) is 0 Å². The highest BCUT2D eigenvalue weighted by molar-refractivity contribution is 6.31. The Labute approximate surface area is 77.7 Å². The third-order valence-electron chi connectivity index (χ3n) is 1.63. The second-order valence-electron chi connectivity index (χ2n) is 2.48. The molecule has 0 radical (unpaired) electrons. The molecule has 13 heavy (non-hydrogen) atoms. The van der Waals surface area contributed by atoms with Gasteiger partial charge in [0.15, 0.2) is 0 Å². The molecule has 66 valence electrons. The summed E-state index contributed by atoms with van der Waals surface area (Å²) < 4.78 is 4.62. The van der Waals surface area contributed by atoms with E-state index in [0.717, 1.165) is 0 Å². The molecule has 1 aromatic carbocycles. The van der Waals surface area contributed by atoms with Crippen LogP contribution in [0.1, 0.15) is 10.6 Å². The average Bonchev–Trinajstić information content (AvgIpc) is 2.46. The lowest BCUT2D eigenvalue weighted by atomic mass is 10.2. The molecule has 0 aliphatic rings. The number of hydrogen-bond acceptors (Lipinski definition) is 3. The number of aromatic carboxylic acids is 1. The minimum Gasteiger partial charge on any atom is -0.475 e. The van der Waals surface area contributed by atoms with Gasteiger partial charge in [0.1, 0.15) is 5.52 Å². The summed E-state index contributed by atoms with van der Waals surface area (Å²) >= 11 is 5.68. The van der Waals surface area contributed by atoms with Crippen molar-refractivity contribution < 1.29 is 14.4 Å². The van der Waals surface area contributed by atoms with E-state index in [-0.39, 0.29) is 5.76 Å². The van der Waals surface area contributed by atoms with Crippen molar-refractivity contribution in [3.8, 4) is 0 Å². The van der Waals surface area contributed by atoms with Crippen LogP contribution in [0.2, 0.25) is 5.02 Å². The maximum absolute atomic E-state index is 10.6. The maximum Gasteiger partial charge on any atom is 0.375 e. The number of nitrogens with zero attached hydrogens (tertiary/aromatic N) is 1. The normalized spacial score (nSPS) is 10.5. The molecular formula is C8H4ClNO3. The molecule has 0 saturated heterocycles. The summed E-state index contributed by atoms with van der Waals surface area (Å²) in [5.74, 6) is -1.29. The van der Waals surface area contributed by atoms with E-state index in [1.165, 1.54) is 0 Å². The van der Waals surface area contributed by atoms with Gasteiger partial charge in [-0.3, -0.25) is 0 Å². The Kier molecular flexibility index (Phi) is 1.70. The first-order valence-electron chi connectivity index (χ1n) is 3.47. The van der Waals surface area contributed by atoms with Crippen LogP contribution in [0.4, 0.5) is 0 Å². The number of halogens is 1. The molecule has 4 nitrogen and oxygen atoms in total. The topological polar surface area (TPSA) is 63.3 Å². The van der Waals surface area contributed by atoms with E-state index in [2.05, 4.69) is 9.68 Å². The number of carbonyl (C=O) groups is 1. The first kappa shape index (κ1) is 8.07. The maximum atomic E-state index is 10.6. The molecule has 2 rings (SSSR count). The molecule has 0 bridgehead atoms. The number of carboxylic acids is 1. The van der Waals surface area contributed by atoms with Crippen molar-refractivity contribution in [3.05, 3.63) is 29.0 Å². The van der Waals surface area contributed by atoms with Crippen LogP contribution in [0, 0.1) is 0 Å². The van der Waals surface area contributed by atoms with Crippen LogP contribution in [0.25, 0.3) is 10.9 Å². The SMILES string of the molecule is O=C(O)c1onc2cc(Cl)ccc12. The van der Waals surface area contributed by atoms with Crippen molar-refractivity contribution in [1.82, 2.24) is 5.16 Å². The lowest BCUT2D eigenvalue weighted by Crippen LogP contribution is -1.93. The Balaban J connectivity index is 2.76. The van der Waals surface area contributed by atoms with Gasteiger partial charge in [0.2, 0.25) is 0 Å². The van der Waals surface area contributed by atoms with Gasteiger partial charge >= 0.3 is 5.97 Å². The molecule has 1 aromatic heterocycles. The Hall–Kier alpha value is -1.55. The molecule has 0 amide bonds. The molecule has 1 N–H and O–H groups in total. The molecule has 0 unspecified atom stereocenters. The molecule has 0 fully saturated rings. The smallest absolute Gasteiger partial charge is 0.375 e. The van der Waals surface area contributed by atoms with Gasteiger partial charge in [-0.15, -0.1) is 0 Å². The first-order valence-corrected chi connectivity index (χ1v) is 3.84. The van der Waals surface area contributed by atoms with Gasteiger partial charge in [-0.25, -0.2) is 4.79 Å². The molecule has 0 atom stereocenters. The first-order chi connectivity index (χ1) is 6.18. The highest BCUT2D eigenvalue weighted by atomic mass is 35.5. The minimum absolute atomic E-state index is 0.160. The number of aromatic nitrogens is 1. The molecule has 2 aromatic rings. The lowest BCUT2D eigenvalue weighted by molar-refractivity contribution is 0.0655. The third kappa shape index (κ3) is 1.25. The van der Waals surface area contributed by atoms with Crippen LogP contribution in [0.15, 0.2) is 22.7 Å². The molecular weight excluding hydrogens is 194 g/mol. The zero-order valence-corrected chi connectivity index (χ0v) is 7.08. The van der Waals surface area contributed by atoms with E-state index in [0.29, 0.717) is 15.9 Å². The van der Waals surface area contributed by atoms with Gasteiger partial charge in [-0.1, -0.05) is 16.8 Å². The zero-order valence-electron chi connectivity index (χ0n) is 6.32. The number of fused-ring (bicyclic) bond motifs is 1. The Morgan fingerprint density at radius 3 is 3.00 bits per heavy atom. The monoisotopic (exact) mass is 197 g/mol. The van der Waals surface area contributed by atoms with Crippen molar-refractivity contribution >= 4 is 28.5 Å². The molecule has 0 saturated carbocycles. The van der Waals surface area contributed by atoms with Gasteiger partial charge in [0, 0.05) is 5.02 Å². The van der Waals surface area contributed by atoms with E-state index < -0.39 is 5.97 Å². The third-order valence-corrected chi connectivity index (χ3v) is 1.87. The molecule has 0 aliphatic carbocycles. The Bertz CT molecular complexity index is 477. The van der Waals surface area contributed by atoms with Gasteiger partial charge in [-0.2, -0.15) is 0 Å². The summed E-state index contributed by atoms with van der Waals surface area (Å²) in [5.41, 5.74) is 0.449. The van der Waals surface area contributed by atoms with Crippen LogP contribution in [-0.2, 0) is 0 Å². The van der Waals surface area contributed by atoms with E-state index in [1.54, 1.807) is 18.2 Å². The Morgan fingerprint density at radius 1 is 1.54 bits per heavy atom. The van der Waals surface area contributed by atoms with Crippen molar-refractivity contribution in [2.24, 2.45) is 0 Å². The van der Waals surface area contributed by atoms with Crippen molar-refractivity contribution in [2.75, 3.05) is 0 Å². The summed E-state index contributed by atoms with van der Waals surface area (Å²) in [6.07, 6.45) is 0. The quantitative estimate of drug-likeness (QED) is 0.761. The fourth-order valence-corrected chi connectivity index (χ4v) is 1.24. The molecule has 0 aliphatic heterocycles. The lowest BCUT2D eigenvalue weighted by Gasteiger charge is -1.88. The second-order valence-corrected chi connectivity index (χ2v) is 2.91. The number of hydrogen-bond donors (Lipinski definition) is 1. The van der Waals surface area contributed by atoms with Crippen molar-refractivity contribution in [3.63, 3.8) is 0 Å². The summed E-state index contributed by atoms with van der Waals surface area (Å²) in [6, 6.07) is 4.71. The number of rotatable bonds is 1. The highest BCUT2D eigenvalue weighted by Gasteiger charge is 2.14. The minimum atomic E-state index is -1.13. The number of benzene rings is 1.